The van der Waals surface area contributed by atoms with Crippen molar-refractivity contribution in [2.45, 2.75) is 31.4 Å². The van der Waals surface area contributed by atoms with Crippen molar-refractivity contribution in [2.24, 2.45) is 0 Å². The summed E-state index contributed by atoms with van der Waals surface area (Å²) in [6, 6.07) is 6.96. The molecule has 1 atom stereocenters. The molecule has 72 valence electrons. The summed E-state index contributed by atoms with van der Waals surface area (Å²) in [5.41, 5.74) is 0.816. The molecule has 0 bridgehead atoms. The molecule has 0 heterocycles. The van der Waals surface area contributed by atoms with Gasteiger partial charge >= 0.3 is 0 Å². The molecule has 0 amide bonds. The van der Waals surface area contributed by atoms with Gasteiger partial charge in [-0.05, 0) is 36.1 Å². The fraction of sp³-hybridized carbons (Fsp3) is 0.455. The van der Waals surface area contributed by atoms with E-state index in [0.29, 0.717) is 5.25 Å². The maximum atomic E-state index is 13.1. The maximum absolute atomic E-state index is 13.1. The van der Waals surface area contributed by atoms with E-state index in [1.165, 1.54) is 6.07 Å². The largest absolute Gasteiger partial charge is 0.207 e. The van der Waals surface area contributed by atoms with Crippen molar-refractivity contribution >= 4 is 12.6 Å². The Balaban J connectivity index is 2.41. The lowest BCUT2D eigenvalue weighted by Crippen LogP contribution is -1.95. The normalized spacial score (nSPS) is 12.8. The Bertz CT molecular complexity index is 258. The zero-order chi connectivity index (χ0) is 9.68. The van der Waals surface area contributed by atoms with Crippen molar-refractivity contribution < 1.29 is 4.39 Å². The van der Waals surface area contributed by atoms with Gasteiger partial charge < -0.3 is 0 Å². The second kappa shape index (κ2) is 5.28. The second-order valence-corrected chi connectivity index (χ2v) is 4.21. The number of benzene rings is 1. The fourth-order valence-corrected chi connectivity index (χ4v) is 1.47. The lowest BCUT2D eigenvalue weighted by atomic mass is 10.1. The first-order valence-electron chi connectivity index (χ1n) is 4.61. The van der Waals surface area contributed by atoms with E-state index in [1.54, 1.807) is 6.07 Å². The first kappa shape index (κ1) is 10.6. The van der Waals surface area contributed by atoms with Crippen molar-refractivity contribution in [2.75, 3.05) is 0 Å². The summed E-state index contributed by atoms with van der Waals surface area (Å²) in [5.74, 6) is -0.0886. The van der Waals surface area contributed by atoms with E-state index < -0.39 is 0 Å². The third kappa shape index (κ3) is 3.81. The molecule has 0 saturated carbocycles. The Morgan fingerprint density at radius 2 is 2.08 bits per heavy atom. The van der Waals surface area contributed by atoms with E-state index in [9.17, 15) is 4.39 Å². The van der Waals surface area contributed by atoms with Crippen LogP contribution >= 0.6 is 12.6 Å². The number of hydrogen-bond donors (Lipinski definition) is 1. The minimum atomic E-state index is -0.0886. The lowest BCUT2D eigenvalue weighted by Gasteiger charge is -2.04. The number of halogens is 1. The van der Waals surface area contributed by atoms with Crippen LogP contribution in [0.1, 0.15) is 25.3 Å². The molecule has 0 aliphatic rings. The van der Waals surface area contributed by atoms with Crippen molar-refractivity contribution in [3.63, 3.8) is 0 Å². The summed E-state index contributed by atoms with van der Waals surface area (Å²) in [6.07, 6.45) is 2.86. The summed E-state index contributed by atoms with van der Waals surface area (Å²) in [7, 11) is 0. The molecule has 1 aromatic rings. The van der Waals surface area contributed by atoms with Crippen LogP contribution in [0.3, 0.4) is 0 Å². The molecular weight excluding hydrogens is 183 g/mol. The van der Waals surface area contributed by atoms with Crippen LogP contribution in [0.2, 0.25) is 0 Å². The Morgan fingerprint density at radius 3 is 2.69 bits per heavy atom. The van der Waals surface area contributed by atoms with Crippen LogP contribution in [0.5, 0.6) is 0 Å². The van der Waals surface area contributed by atoms with E-state index >= 15 is 0 Å². The van der Waals surface area contributed by atoms with E-state index in [0.717, 1.165) is 24.8 Å². The van der Waals surface area contributed by atoms with Crippen molar-refractivity contribution in [1.82, 2.24) is 0 Å². The summed E-state index contributed by atoms with van der Waals surface area (Å²) < 4.78 is 13.1. The van der Waals surface area contributed by atoms with Crippen molar-refractivity contribution in [3.8, 4) is 0 Å². The third-order valence-corrected chi connectivity index (χ3v) is 2.28. The molecule has 1 unspecified atom stereocenters. The molecule has 0 fully saturated rings. The summed E-state index contributed by atoms with van der Waals surface area (Å²) in [4.78, 5) is 0. The zero-order valence-corrected chi connectivity index (χ0v) is 8.73. The van der Waals surface area contributed by atoms with Gasteiger partial charge in [0.25, 0.3) is 0 Å². The first-order chi connectivity index (χ1) is 6.20. The lowest BCUT2D eigenvalue weighted by molar-refractivity contribution is 0.600. The predicted molar refractivity (Wildman–Crippen MR) is 57.8 cm³/mol. The van der Waals surface area contributed by atoms with Crippen LogP contribution in [0.15, 0.2) is 24.3 Å². The number of hydrogen-bond acceptors (Lipinski definition) is 1. The second-order valence-electron chi connectivity index (χ2n) is 3.33. The van der Waals surface area contributed by atoms with Gasteiger partial charge in [-0.3, -0.25) is 0 Å². The monoisotopic (exact) mass is 198 g/mol. The molecule has 1 aromatic carbocycles. The molecular formula is C11H15FS. The predicted octanol–water partition coefficient (Wildman–Crippen LogP) is 3.47. The van der Waals surface area contributed by atoms with E-state index in [4.69, 9.17) is 0 Å². The van der Waals surface area contributed by atoms with E-state index in [-0.39, 0.29) is 5.82 Å². The number of thiol groups is 1. The maximum Gasteiger partial charge on any atom is 0.126 e. The van der Waals surface area contributed by atoms with Gasteiger partial charge in [-0.1, -0.05) is 25.1 Å². The van der Waals surface area contributed by atoms with Crippen LogP contribution in [0.25, 0.3) is 0 Å². The SMILES string of the molecule is CC(S)CCCc1ccccc1F. The van der Waals surface area contributed by atoms with Crippen LogP contribution in [-0.4, -0.2) is 5.25 Å². The van der Waals surface area contributed by atoms with Crippen LogP contribution in [0, 0.1) is 5.82 Å². The summed E-state index contributed by atoms with van der Waals surface area (Å²) in [5, 5.41) is 0.409. The van der Waals surface area contributed by atoms with E-state index in [1.807, 2.05) is 12.1 Å². The van der Waals surface area contributed by atoms with Crippen molar-refractivity contribution in [1.29, 1.82) is 0 Å². The summed E-state index contributed by atoms with van der Waals surface area (Å²) in [6.45, 7) is 2.06. The highest BCUT2D eigenvalue weighted by atomic mass is 32.1. The van der Waals surface area contributed by atoms with Gasteiger partial charge in [0.05, 0.1) is 0 Å². The van der Waals surface area contributed by atoms with Gasteiger partial charge in [-0.15, -0.1) is 0 Å². The van der Waals surface area contributed by atoms with Gasteiger partial charge in [-0.25, -0.2) is 4.39 Å². The smallest absolute Gasteiger partial charge is 0.126 e. The molecule has 0 spiro atoms. The van der Waals surface area contributed by atoms with Gasteiger partial charge in [0.2, 0.25) is 0 Å². The molecule has 1 rings (SSSR count). The Morgan fingerprint density at radius 1 is 1.38 bits per heavy atom. The molecule has 2 heteroatoms. The highest BCUT2D eigenvalue weighted by Gasteiger charge is 2.01. The number of aryl methyl sites for hydroxylation is 1. The Labute approximate surface area is 84.6 Å². The standard InChI is InChI=1S/C11H15FS/c1-9(13)5-4-7-10-6-2-3-8-11(10)12/h2-3,6,8-9,13H,4-5,7H2,1H3. The fourth-order valence-electron chi connectivity index (χ4n) is 1.29. The average molecular weight is 198 g/mol. The topological polar surface area (TPSA) is 0 Å². The van der Waals surface area contributed by atoms with Gasteiger partial charge in [-0.2, -0.15) is 12.6 Å². The quantitative estimate of drug-likeness (QED) is 0.704. The molecule has 0 aliphatic heterocycles. The summed E-state index contributed by atoms with van der Waals surface area (Å²) >= 11 is 4.28. The highest BCUT2D eigenvalue weighted by molar-refractivity contribution is 7.80. The zero-order valence-electron chi connectivity index (χ0n) is 7.83. The van der Waals surface area contributed by atoms with Gasteiger partial charge in [0.1, 0.15) is 5.82 Å². The molecule has 0 nitrogen and oxygen atoms in total. The minimum absolute atomic E-state index is 0.0886. The Hall–Kier alpha value is -0.500. The highest BCUT2D eigenvalue weighted by Crippen LogP contribution is 2.12. The Kier molecular flexibility index (Phi) is 4.29. The third-order valence-electron chi connectivity index (χ3n) is 2.03. The van der Waals surface area contributed by atoms with Crippen molar-refractivity contribution in [3.05, 3.63) is 35.6 Å². The molecule has 0 radical (unpaired) electrons. The first-order valence-corrected chi connectivity index (χ1v) is 5.13. The molecule has 0 aromatic heterocycles. The number of rotatable bonds is 4. The van der Waals surface area contributed by atoms with Crippen LogP contribution < -0.4 is 0 Å². The van der Waals surface area contributed by atoms with Gasteiger partial charge in [0.15, 0.2) is 0 Å². The average Bonchev–Trinajstić information content (AvgIpc) is 2.08. The van der Waals surface area contributed by atoms with Crippen LogP contribution in [-0.2, 0) is 6.42 Å². The van der Waals surface area contributed by atoms with Gasteiger partial charge in [0, 0.05) is 0 Å². The molecule has 13 heavy (non-hydrogen) atoms. The molecule has 0 N–H and O–H groups in total. The molecule has 0 saturated heterocycles. The van der Waals surface area contributed by atoms with E-state index in [2.05, 4.69) is 19.6 Å². The minimum Gasteiger partial charge on any atom is -0.207 e. The van der Waals surface area contributed by atoms with Crippen LogP contribution in [0.4, 0.5) is 4.39 Å². The molecule has 0 aliphatic carbocycles.